The van der Waals surface area contributed by atoms with Gasteiger partial charge in [-0.05, 0) is 30.9 Å². The fourth-order valence-corrected chi connectivity index (χ4v) is 2.49. The van der Waals surface area contributed by atoms with Crippen LogP contribution in [0.25, 0.3) is 0 Å². The van der Waals surface area contributed by atoms with Crippen molar-refractivity contribution in [2.75, 3.05) is 0 Å². The lowest BCUT2D eigenvalue weighted by Crippen LogP contribution is -2.54. The number of benzene rings is 1. The van der Waals surface area contributed by atoms with Gasteiger partial charge in [-0.1, -0.05) is 24.3 Å². The highest BCUT2D eigenvalue weighted by Gasteiger charge is 2.46. The Kier molecular flexibility index (Phi) is 3.09. The number of primary amides is 1. The Balaban J connectivity index is 2.42. The number of hydrogen-bond donors (Lipinski definition) is 3. The Morgan fingerprint density at radius 1 is 1.44 bits per heavy atom. The molecule has 0 saturated heterocycles. The predicted octanol–water partition coefficient (Wildman–Crippen LogP) is 0.376. The first-order chi connectivity index (χ1) is 8.47. The first-order valence-electron chi connectivity index (χ1n) is 5.86. The highest BCUT2D eigenvalue weighted by molar-refractivity contribution is 5.85. The van der Waals surface area contributed by atoms with Crippen LogP contribution in [0.15, 0.2) is 24.3 Å². The maximum atomic E-state index is 11.6. The Hall–Kier alpha value is -1.88. The zero-order valence-electron chi connectivity index (χ0n) is 10.1. The first-order valence-corrected chi connectivity index (χ1v) is 5.86. The summed E-state index contributed by atoms with van der Waals surface area (Å²) in [6, 6.07) is 6.70. The molecule has 0 aromatic heterocycles. The molecule has 1 aromatic carbocycles. The molecule has 0 heterocycles. The molecule has 0 saturated carbocycles. The van der Waals surface area contributed by atoms with E-state index in [-0.39, 0.29) is 0 Å². The SMILES string of the molecule is CC(NC1(C(=O)O)CCc2ccccc21)C(N)=O. The smallest absolute Gasteiger partial charge is 0.328 e. The van der Waals surface area contributed by atoms with Crippen LogP contribution in [-0.4, -0.2) is 23.0 Å². The molecule has 18 heavy (non-hydrogen) atoms. The summed E-state index contributed by atoms with van der Waals surface area (Å²) in [7, 11) is 0. The van der Waals surface area contributed by atoms with E-state index < -0.39 is 23.5 Å². The van der Waals surface area contributed by atoms with E-state index in [1.54, 1.807) is 19.1 Å². The van der Waals surface area contributed by atoms with Gasteiger partial charge >= 0.3 is 5.97 Å². The van der Waals surface area contributed by atoms with Crippen LogP contribution in [0.1, 0.15) is 24.5 Å². The van der Waals surface area contributed by atoms with Crippen LogP contribution in [0, 0.1) is 0 Å². The minimum absolute atomic E-state index is 0.430. The standard InChI is InChI=1S/C13H16N2O3/c1-8(11(14)16)15-13(12(17)18)7-6-9-4-2-3-5-10(9)13/h2-5,8,15H,6-7H2,1H3,(H2,14,16)(H,17,18). The third-order valence-corrected chi connectivity index (χ3v) is 3.50. The van der Waals surface area contributed by atoms with Gasteiger partial charge in [0.05, 0.1) is 6.04 Å². The lowest BCUT2D eigenvalue weighted by atomic mass is 9.91. The van der Waals surface area contributed by atoms with Gasteiger partial charge in [0.15, 0.2) is 0 Å². The fourth-order valence-electron chi connectivity index (χ4n) is 2.49. The molecule has 0 fully saturated rings. The van der Waals surface area contributed by atoms with Crippen LogP contribution in [0.5, 0.6) is 0 Å². The van der Waals surface area contributed by atoms with Gasteiger partial charge in [-0.3, -0.25) is 10.1 Å². The van der Waals surface area contributed by atoms with Crippen molar-refractivity contribution >= 4 is 11.9 Å². The molecule has 1 aliphatic rings. The molecule has 0 aliphatic heterocycles. The molecule has 2 unspecified atom stereocenters. The molecule has 96 valence electrons. The normalized spacial score (nSPS) is 23.4. The third kappa shape index (κ3) is 1.86. The average Bonchev–Trinajstić information content (AvgIpc) is 2.70. The number of carboxylic acid groups (broad SMARTS) is 1. The van der Waals surface area contributed by atoms with Gasteiger partial charge in [-0.15, -0.1) is 0 Å². The number of aliphatic carboxylic acids is 1. The highest BCUT2D eigenvalue weighted by atomic mass is 16.4. The number of nitrogens with two attached hydrogens (primary N) is 1. The summed E-state index contributed by atoms with van der Waals surface area (Å²) in [5, 5.41) is 12.4. The number of carbonyl (C=O) groups excluding carboxylic acids is 1. The summed E-state index contributed by atoms with van der Waals surface area (Å²) in [4.78, 5) is 22.8. The van der Waals surface area contributed by atoms with Gasteiger partial charge < -0.3 is 10.8 Å². The second kappa shape index (κ2) is 4.42. The van der Waals surface area contributed by atoms with Crippen molar-refractivity contribution in [2.24, 2.45) is 5.73 Å². The van der Waals surface area contributed by atoms with Crippen molar-refractivity contribution in [3.63, 3.8) is 0 Å². The summed E-state index contributed by atoms with van der Waals surface area (Å²) in [5.74, 6) is -1.53. The van der Waals surface area contributed by atoms with E-state index in [1.807, 2.05) is 12.1 Å². The lowest BCUT2D eigenvalue weighted by Gasteiger charge is -2.29. The molecule has 5 heteroatoms. The van der Waals surface area contributed by atoms with E-state index in [2.05, 4.69) is 5.32 Å². The Morgan fingerprint density at radius 3 is 2.72 bits per heavy atom. The molecule has 1 aliphatic carbocycles. The van der Waals surface area contributed by atoms with E-state index in [0.717, 1.165) is 11.1 Å². The second-order valence-corrected chi connectivity index (χ2v) is 4.64. The minimum Gasteiger partial charge on any atom is -0.480 e. The van der Waals surface area contributed by atoms with Crippen molar-refractivity contribution in [2.45, 2.75) is 31.3 Å². The van der Waals surface area contributed by atoms with Gasteiger partial charge in [0.2, 0.25) is 5.91 Å². The van der Waals surface area contributed by atoms with Gasteiger partial charge in [0.1, 0.15) is 5.54 Å². The lowest BCUT2D eigenvalue weighted by molar-refractivity contribution is -0.146. The molecule has 0 radical (unpaired) electrons. The topological polar surface area (TPSA) is 92.4 Å². The molecular weight excluding hydrogens is 232 g/mol. The second-order valence-electron chi connectivity index (χ2n) is 4.64. The largest absolute Gasteiger partial charge is 0.480 e. The first kappa shape index (κ1) is 12.6. The fraction of sp³-hybridized carbons (Fsp3) is 0.385. The van der Waals surface area contributed by atoms with E-state index in [0.29, 0.717) is 12.8 Å². The Morgan fingerprint density at radius 2 is 2.11 bits per heavy atom. The number of fused-ring (bicyclic) bond motifs is 1. The molecule has 1 amide bonds. The van der Waals surface area contributed by atoms with E-state index in [4.69, 9.17) is 5.73 Å². The van der Waals surface area contributed by atoms with Gasteiger partial charge in [0.25, 0.3) is 0 Å². The van der Waals surface area contributed by atoms with Gasteiger partial charge in [-0.25, -0.2) is 4.79 Å². The highest BCUT2D eigenvalue weighted by Crippen LogP contribution is 2.37. The van der Waals surface area contributed by atoms with Crippen LogP contribution >= 0.6 is 0 Å². The number of amides is 1. The summed E-state index contributed by atoms with van der Waals surface area (Å²) in [5.41, 5.74) is 5.73. The molecule has 0 spiro atoms. The summed E-state index contributed by atoms with van der Waals surface area (Å²) in [6.07, 6.45) is 1.11. The maximum Gasteiger partial charge on any atom is 0.328 e. The zero-order valence-corrected chi connectivity index (χ0v) is 10.1. The predicted molar refractivity (Wildman–Crippen MR) is 65.9 cm³/mol. The average molecular weight is 248 g/mol. The maximum absolute atomic E-state index is 11.6. The number of carboxylic acids is 1. The Bertz CT molecular complexity index is 501. The van der Waals surface area contributed by atoms with E-state index in [1.165, 1.54) is 0 Å². The molecule has 5 nitrogen and oxygen atoms in total. The monoisotopic (exact) mass is 248 g/mol. The van der Waals surface area contributed by atoms with E-state index in [9.17, 15) is 14.7 Å². The zero-order chi connectivity index (χ0) is 13.3. The number of hydrogen-bond acceptors (Lipinski definition) is 3. The number of nitrogens with one attached hydrogen (secondary N) is 1. The van der Waals surface area contributed by atoms with Gasteiger partial charge in [0, 0.05) is 0 Å². The quantitative estimate of drug-likeness (QED) is 0.718. The van der Waals surface area contributed by atoms with Crippen LogP contribution in [0.4, 0.5) is 0 Å². The molecule has 2 rings (SSSR count). The van der Waals surface area contributed by atoms with Crippen molar-refractivity contribution in [1.82, 2.24) is 5.32 Å². The molecule has 2 atom stereocenters. The van der Waals surface area contributed by atoms with Crippen LogP contribution in [-0.2, 0) is 21.5 Å². The van der Waals surface area contributed by atoms with Crippen molar-refractivity contribution in [1.29, 1.82) is 0 Å². The molecular formula is C13H16N2O3. The summed E-state index contributed by atoms with van der Waals surface area (Å²) < 4.78 is 0. The van der Waals surface area contributed by atoms with Crippen LogP contribution in [0.2, 0.25) is 0 Å². The van der Waals surface area contributed by atoms with Crippen molar-refractivity contribution in [3.8, 4) is 0 Å². The molecule has 4 N–H and O–H groups in total. The number of aryl methyl sites for hydroxylation is 1. The van der Waals surface area contributed by atoms with Crippen molar-refractivity contribution in [3.05, 3.63) is 35.4 Å². The summed E-state index contributed by atoms with van der Waals surface area (Å²) in [6.45, 7) is 1.58. The third-order valence-electron chi connectivity index (χ3n) is 3.50. The van der Waals surface area contributed by atoms with Crippen LogP contribution < -0.4 is 11.1 Å². The van der Waals surface area contributed by atoms with Crippen LogP contribution in [0.3, 0.4) is 0 Å². The van der Waals surface area contributed by atoms with Gasteiger partial charge in [-0.2, -0.15) is 0 Å². The molecule has 0 bridgehead atoms. The minimum atomic E-state index is -1.20. The molecule has 1 aromatic rings. The number of rotatable bonds is 4. The number of carbonyl (C=O) groups is 2. The summed E-state index contributed by atoms with van der Waals surface area (Å²) >= 11 is 0. The Labute approximate surface area is 105 Å². The van der Waals surface area contributed by atoms with Crippen molar-refractivity contribution < 1.29 is 14.7 Å². The van der Waals surface area contributed by atoms with E-state index >= 15 is 0 Å².